The molecule has 4 nitrogen and oxygen atoms in total. The van der Waals surface area contributed by atoms with Crippen molar-refractivity contribution in [1.82, 2.24) is 0 Å². The first-order valence-corrected chi connectivity index (χ1v) is 11.2. The van der Waals surface area contributed by atoms with E-state index in [1.807, 2.05) is 0 Å². The minimum Gasteiger partial charge on any atom is -0.458 e. The summed E-state index contributed by atoms with van der Waals surface area (Å²) in [6.07, 6.45) is 13.3. The van der Waals surface area contributed by atoms with Crippen molar-refractivity contribution in [3.63, 3.8) is 0 Å². The maximum atomic E-state index is 13.0. The van der Waals surface area contributed by atoms with Gasteiger partial charge < -0.3 is 9.47 Å². The highest BCUT2D eigenvalue weighted by atomic mass is 16.6. The van der Waals surface area contributed by atoms with Gasteiger partial charge in [0.05, 0.1) is 0 Å². The van der Waals surface area contributed by atoms with Crippen molar-refractivity contribution in [3.8, 4) is 0 Å². The molecule has 1 spiro atoms. The van der Waals surface area contributed by atoms with E-state index in [2.05, 4.69) is 26.0 Å². The molecule has 1 saturated heterocycles. The van der Waals surface area contributed by atoms with E-state index in [0.29, 0.717) is 11.8 Å². The van der Waals surface area contributed by atoms with Gasteiger partial charge >= 0.3 is 11.9 Å². The normalized spacial score (nSPS) is 39.5. The number of unbranched alkanes of at least 4 members (excludes halogenated alkanes) is 2. The first kappa shape index (κ1) is 18.2. The molecule has 150 valence electrons. The SMILES string of the molecule is CCCC=C1OC(=O)C2=C1CCC1C3C=C4C(=O)OC(CCCC)C4(CC3)C21. The fourth-order valence-corrected chi connectivity index (χ4v) is 6.73. The summed E-state index contributed by atoms with van der Waals surface area (Å²) in [6, 6.07) is 0. The maximum Gasteiger partial charge on any atom is 0.340 e. The Kier molecular flexibility index (Phi) is 4.29. The predicted molar refractivity (Wildman–Crippen MR) is 105 cm³/mol. The van der Waals surface area contributed by atoms with Crippen molar-refractivity contribution in [2.75, 3.05) is 0 Å². The molecule has 28 heavy (non-hydrogen) atoms. The van der Waals surface area contributed by atoms with Crippen molar-refractivity contribution in [2.45, 2.75) is 77.7 Å². The Morgan fingerprint density at radius 3 is 2.82 bits per heavy atom. The first-order chi connectivity index (χ1) is 13.6. The first-order valence-electron chi connectivity index (χ1n) is 11.2. The highest BCUT2D eigenvalue weighted by Crippen LogP contribution is 2.67. The standard InChI is InChI=1S/C24H30O4/c1-3-5-7-18-16-10-9-15-14-11-12-24(21(15)20(16)23(26)27-18)17(13-14)22(25)28-19(24)8-6-4-2/h7,13-15,19,21H,3-6,8-12H2,1-2H3. The zero-order valence-corrected chi connectivity index (χ0v) is 17.0. The smallest absolute Gasteiger partial charge is 0.340 e. The van der Waals surface area contributed by atoms with Crippen LogP contribution >= 0.6 is 0 Å². The summed E-state index contributed by atoms with van der Waals surface area (Å²) >= 11 is 0. The number of ether oxygens (including phenoxy) is 2. The molecule has 6 aliphatic rings. The lowest BCUT2D eigenvalue weighted by Crippen LogP contribution is -2.54. The van der Waals surface area contributed by atoms with Gasteiger partial charge in [-0.05, 0) is 56.4 Å². The molecule has 4 heteroatoms. The number of carbonyl (C=O) groups is 2. The molecule has 2 bridgehead atoms. The molecule has 4 aliphatic carbocycles. The summed E-state index contributed by atoms with van der Waals surface area (Å²) < 4.78 is 11.7. The maximum absolute atomic E-state index is 13.0. The van der Waals surface area contributed by atoms with Gasteiger partial charge in [-0.1, -0.05) is 39.2 Å². The second kappa shape index (κ2) is 6.60. The fourth-order valence-electron chi connectivity index (χ4n) is 6.73. The molecule has 5 unspecified atom stereocenters. The Hall–Kier alpha value is -1.84. The minimum absolute atomic E-state index is 0.0864. The zero-order valence-electron chi connectivity index (χ0n) is 17.0. The van der Waals surface area contributed by atoms with E-state index in [1.54, 1.807) is 0 Å². The van der Waals surface area contributed by atoms with E-state index in [4.69, 9.17) is 9.47 Å². The van der Waals surface area contributed by atoms with Crippen LogP contribution in [0.1, 0.15) is 71.6 Å². The van der Waals surface area contributed by atoms with Crippen LogP contribution in [0, 0.1) is 23.2 Å². The third-order valence-corrected chi connectivity index (χ3v) is 7.87. The number of hydrogen-bond acceptors (Lipinski definition) is 4. The van der Waals surface area contributed by atoms with Crippen LogP contribution in [0.4, 0.5) is 0 Å². The molecule has 0 aromatic rings. The van der Waals surface area contributed by atoms with Gasteiger partial charge in [-0.25, -0.2) is 9.59 Å². The Balaban J connectivity index is 1.63. The molecule has 0 amide bonds. The average Bonchev–Trinajstić information content (AvgIpc) is 3.19. The summed E-state index contributed by atoms with van der Waals surface area (Å²) in [4.78, 5) is 25.8. The van der Waals surface area contributed by atoms with E-state index in [1.165, 1.54) is 0 Å². The fraction of sp³-hybridized carbons (Fsp3) is 0.667. The van der Waals surface area contributed by atoms with Crippen molar-refractivity contribution < 1.29 is 19.1 Å². The van der Waals surface area contributed by atoms with Crippen LogP contribution in [0.2, 0.25) is 0 Å². The molecule has 0 radical (unpaired) electrons. The highest BCUT2D eigenvalue weighted by molar-refractivity contribution is 5.98. The number of hydrogen-bond donors (Lipinski definition) is 0. The van der Waals surface area contributed by atoms with Crippen molar-refractivity contribution in [1.29, 1.82) is 0 Å². The number of esters is 2. The van der Waals surface area contributed by atoms with Gasteiger partial charge in [0.25, 0.3) is 0 Å². The Labute approximate surface area is 167 Å². The van der Waals surface area contributed by atoms with Crippen LogP contribution in [0.5, 0.6) is 0 Å². The van der Waals surface area contributed by atoms with Gasteiger partial charge in [0.15, 0.2) is 0 Å². The third kappa shape index (κ3) is 2.29. The average molecular weight is 383 g/mol. The van der Waals surface area contributed by atoms with E-state index >= 15 is 0 Å². The highest BCUT2D eigenvalue weighted by Gasteiger charge is 2.67. The Morgan fingerprint density at radius 2 is 2.04 bits per heavy atom. The monoisotopic (exact) mass is 382 g/mol. The largest absolute Gasteiger partial charge is 0.458 e. The topological polar surface area (TPSA) is 52.6 Å². The molecule has 0 aromatic heterocycles. The number of cyclic esters (lactones) is 2. The molecule has 2 heterocycles. The lowest BCUT2D eigenvalue weighted by atomic mass is 9.45. The molecule has 5 atom stereocenters. The van der Waals surface area contributed by atoms with Crippen molar-refractivity contribution in [2.24, 2.45) is 23.2 Å². The van der Waals surface area contributed by atoms with E-state index in [0.717, 1.165) is 80.3 Å². The Bertz CT molecular complexity index is 816. The summed E-state index contributed by atoms with van der Waals surface area (Å²) in [6.45, 7) is 4.31. The number of allylic oxidation sites excluding steroid dienone is 3. The summed E-state index contributed by atoms with van der Waals surface area (Å²) in [5, 5.41) is 0. The molecule has 2 aliphatic heterocycles. The molecule has 1 saturated carbocycles. The summed E-state index contributed by atoms with van der Waals surface area (Å²) in [5.74, 6) is 1.41. The van der Waals surface area contributed by atoms with Crippen LogP contribution in [-0.2, 0) is 19.1 Å². The van der Waals surface area contributed by atoms with E-state index < -0.39 is 0 Å². The molecular weight excluding hydrogens is 352 g/mol. The van der Waals surface area contributed by atoms with E-state index in [-0.39, 0.29) is 29.4 Å². The number of carbonyl (C=O) groups excluding carboxylic acids is 2. The molecule has 0 aromatic carbocycles. The van der Waals surface area contributed by atoms with Crippen LogP contribution in [0.3, 0.4) is 0 Å². The van der Waals surface area contributed by atoms with Gasteiger partial charge in [-0.15, -0.1) is 0 Å². The molecule has 2 fully saturated rings. The predicted octanol–water partition coefficient (Wildman–Crippen LogP) is 5.00. The van der Waals surface area contributed by atoms with Crippen LogP contribution in [-0.4, -0.2) is 18.0 Å². The molecular formula is C24H30O4. The molecule has 6 rings (SSSR count). The zero-order chi connectivity index (χ0) is 19.5. The minimum atomic E-state index is -0.314. The number of rotatable bonds is 5. The molecule has 0 N–H and O–H groups in total. The number of fused-ring (bicyclic) bond motifs is 1. The Morgan fingerprint density at radius 1 is 1.18 bits per heavy atom. The van der Waals surface area contributed by atoms with Crippen LogP contribution in [0.15, 0.2) is 34.6 Å². The van der Waals surface area contributed by atoms with Gasteiger partial charge in [0.1, 0.15) is 11.9 Å². The lowest BCUT2D eigenvalue weighted by molar-refractivity contribution is -0.141. The summed E-state index contributed by atoms with van der Waals surface area (Å²) in [5.41, 5.74) is 2.56. The van der Waals surface area contributed by atoms with E-state index in [9.17, 15) is 9.59 Å². The second-order valence-electron chi connectivity index (χ2n) is 9.18. The van der Waals surface area contributed by atoms with Crippen molar-refractivity contribution >= 4 is 11.9 Å². The van der Waals surface area contributed by atoms with Crippen LogP contribution < -0.4 is 0 Å². The van der Waals surface area contributed by atoms with Gasteiger partial charge in [0, 0.05) is 28.1 Å². The van der Waals surface area contributed by atoms with Gasteiger partial charge in [-0.2, -0.15) is 0 Å². The summed E-state index contributed by atoms with van der Waals surface area (Å²) in [7, 11) is 0. The lowest BCUT2D eigenvalue weighted by Gasteiger charge is -2.55. The van der Waals surface area contributed by atoms with Crippen molar-refractivity contribution in [3.05, 3.63) is 34.6 Å². The quantitative estimate of drug-likeness (QED) is 0.628. The van der Waals surface area contributed by atoms with Gasteiger partial charge in [-0.3, -0.25) is 0 Å². The third-order valence-electron chi connectivity index (χ3n) is 7.87. The second-order valence-corrected chi connectivity index (χ2v) is 9.18. The van der Waals surface area contributed by atoms with Gasteiger partial charge in [0.2, 0.25) is 0 Å². The van der Waals surface area contributed by atoms with Crippen LogP contribution in [0.25, 0.3) is 0 Å².